The second kappa shape index (κ2) is 13.9. The van der Waals surface area contributed by atoms with Gasteiger partial charge in [0.25, 0.3) is 0 Å². The molecule has 2 amide bonds. The number of carbonyl (C=O) groups is 2. The van der Waals surface area contributed by atoms with Crippen LogP contribution < -0.4 is 5.32 Å². The van der Waals surface area contributed by atoms with E-state index in [0.717, 1.165) is 30.8 Å². The molecule has 1 N–H and O–H groups in total. The van der Waals surface area contributed by atoms with Gasteiger partial charge < -0.3 is 19.9 Å². The van der Waals surface area contributed by atoms with Crippen LogP contribution in [0, 0.1) is 5.92 Å². The third-order valence-electron chi connectivity index (χ3n) is 5.74. The van der Waals surface area contributed by atoms with E-state index in [4.69, 9.17) is 4.74 Å². The Hall–Kier alpha value is -2.24. The highest BCUT2D eigenvalue weighted by molar-refractivity contribution is 5.76. The summed E-state index contributed by atoms with van der Waals surface area (Å²) in [7, 11) is 0. The average Bonchev–Trinajstić information content (AvgIpc) is 2.73. The molecule has 31 heavy (non-hydrogen) atoms. The first-order valence-corrected chi connectivity index (χ1v) is 11.7. The number of amides is 2. The maximum absolute atomic E-state index is 13.0. The molecule has 0 bridgehead atoms. The second-order valence-electron chi connectivity index (χ2n) is 8.59. The predicted octanol–water partition coefficient (Wildman–Crippen LogP) is 5.23. The molecule has 6 heteroatoms. The van der Waals surface area contributed by atoms with E-state index >= 15 is 0 Å². The number of ether oxygens (including phenoxy) is 1. The van der Waals surface area contributed by atoms with E-state index in [1.165, 1.54) is 19.3 Å². The monoisotopic (exact) mass is 433 g/mol. The van der Waals surface area contributed by atoms with E-state index in [9.17, 15) is 9.59 Å². The summed E-state index contributed by atoms with van der Waals surface area (Å²) in [6, 6.07) is 0.372. The number of nitrogens with zero attached hydrogens (tertiary/aromatic N) is 2. The second-order valence-corrected chi connectivity index (χ2v) is 8.59. The van der Waals surface area contributed by atoms with Gasteiger partial charge >= 0.3 is 6.09 Å². The Balaban J connectivity index is 2.74. The SMILES string of the molecule is C=C(/C=C\C)N(CCC(=O)N(CC)C1CCCCC1)C(=C)C(C)CNC(=O)OC(C)C. The molecule has 0 aromatic rings. The van der Waals surface area contributed by atoms with Crippen LogP contribution in [0.5, 0.6) is 0 Å². The Bertz CT molecular complexity index is 636. The van der Waals surface area contributed by atoms with Crippen molar-refractivity contribution in [3.63, 3.8) is 0 Å². The number of alkyl carbamates (subject to hydrolysis) is 1. The molecular weight excluding hydrogens is 390 g/mol. The van der Waals surface area contributed by atoms with Gasteiger partial charge in [0.1, 0.15) is 0 Å². The maximum Gasteiger partial charge on any atom is 0.407 e. The molecule has 0 aromatic heterocycles. The molecule has 0 aliphatic heterocycles. The maximum atomic E-state index is 13.0. The van der Waals surface area contributed by atoms with E-state index in [2.05, 4.69) is 25.4 Å². The van der Waals surface area contributed by atoms with Gasteiger partial charge in [-0.15, -0.1) is 0 Å². The quantitative estimate of drug-likeness (QED) is 0.428. The van der Waals surface area contributed by atoms with E-state index in [1.54, 1.807) is 0 Å². The lowest BCUT2D eigenvalue weighted by Crippen LogP contribution is -2.42. The minimum Gasteiger partial charge on any atom is -0.447 e. The molecule has 1 saturated carbocycles. The Morgan fingerprint density at radius 1 is 1.16 bits per heavy atom. The van der Waals surface area contributed by atoms with Gasteiger partial charge in [0.05, 0.1) is 6.10 Å². The molecule has 0 aromatic carbocycles. The van der Waals surface area contributed by atoms with Crippen molar-refractivity contribution in [3.05, 3.63) is 36.7 Å². The van der Waals surface area contributed by atoms with Gasteiger partial charge in [-0.3, -0.25) is 4.79 Å². The first-order chi connectivity index (χ1) is 14.7. The number of rotatable bonds is 12. The third-order valence-corrected chi connectivity index (χ3v) is 5.74. The number of carbonyl (C=O) groups excluding carboxylic acids is 2. The summed E-state index contributed by atoms with van der Waals surface area (Å²) < 4.78 is 5.13. The van der Waals surface area contributed by atoms with Crippen molar-refractivity contribution in [2.45, 2.75) is 85.3 Å². The normalized spacial score (nSPS) is 15.5. The summed E-state index contributed by atoms with van der Waals surface area (Å²) in [6.45, 7) is 19.7. The predicted molar refractivity (Wildman–Crippen MR) is 127 cm³/mol. The number of hydrogen-bond acceptors (Lipinski definition) is 4. The van der Waals surface area contributed by atoms with E-state index in [0.29, 0.717) is 25.6 Å². The zero-order valence-corrected chi connectivity index (χ0v) is 20.3. The van der Waals surface area contributed by atoms with Crippen molar-refractivity contribution < 1.29 is 14.3 Å². The fourth-order valence-electron chi connectivity index (χ4n) is 4.01. The fourth-order valence-corrected chi connectivity index (χ4v) is 4.01. The lowest BCUT2D eigenvalue weighted by atomic mass is 9.94. The van der Waals surface area contributed by atoms with Gasteiger partial charge in [0, 0.05) is 49.4 Å². The molecule has 0 radical (unpaired) electrons. The highest BCUT2D eigenvalue weighted by Crippen LogP contribution is 2.24. The zero-order chi connectivity index (χ0) is 23.4. The standard InChI is InChI=1S/C25H43N3O3/c1-8-13-21(6)28(22(7)20(5)18-26-25(30)31-19(3)4)17-16-24(29)27(9-2)23-14-11-10-12-15-23/h8,13,19-20,23H,6-7,9-12,14-18H2,1-5H3,(H,26,30)/b13-8-. The van der Waals surface area contributed by atoms with Crippen LogP contribution in [0.2, 0.25) is 0 Å². The van der Waals surface area contributed by atoms with Crippen LogP contribution in [0.15, 0.2) is 36.7 Å². The van der Waals surface area contributed by atoms with Crippen LogP contribution >= 0.6 is 0 Å². The van der Waals surface area contributed by atoms with Crippen LogP contribution in [0.3, 0.4) is 0 Å². The summed E-state index contributed by atoms with van der Waals surface area (Å²) in [4.78, 5) is 28.9. The minimum absolute atomic E-state index is 0.0301. The molecule has 1 aliphatic carbocycles. The van der Waals surface area contributed by atoms with Gasteiger partial charge in [0.2, 0.25) is 5.91 Å². The first-order valence-electron chi connectivity index (χ1n) is 11.7. The molecule has 1 fully saturated rings. The van der Waals surface area contributed by atoms with Crippen molar-refractivity contribution in [1.29, 1.82) is 0 Å². The van der Waals surface area contributed by atoms with E-state index < -0.39 is 6.09 Å². The van der Waals surface area contributed by atoms with Crippen molar-refractivity contribution in [2.24, 2.45) is 5.92 Å². The van der Waals surface area contributed by atoms with Gasteiger partial charge in [-0.25, -0.2) is 4.79 Å². The largest absolute Gasteiger partial charge is 0.447 e. The minimum atomic E-state index is -0.435. The highest BCUT2D eigenvalue weighted by Gasteiger charge is 2.25. The molecule has 1 atom stereocenters. The van der Waals surface area contributed by atoms with Gasteiger partial charge in [-0.05, 0) is 46.6 Å². The molecule has 1 aliphatic rings. The van der Waals surface area contributed by atoms with Gasteiger partial charge in [-0.1, -0.05) is 45.4 Å². The Morgan fingerprint density at radius 2 is 1.81 bits per heavy atom. The summed E-state index contributed by atoms with van der Waals surface area (Å²) >= 11 is 0. The lowest BCUT2D eigenvalue weighted by Gasteiger charge is -2.35. The molecule has 0 heterocycles. The van der Waals surface area contributed by atoms with Crippen molar-refractivity contribution in [1.82, 2.24) is 15.1 Å². The molecule has 1 rings (SSSR count). The van der Waals surface area contributed by atoms with Gasteiger partial charge in [-0.2, -0.15) is 0 Å². The molecule has 1 unspecified atom stereocenters. The smallest absolute Gasteiger partial charge is 0.407 e. The summed E-state index contributed by atoms with van der Waals surface area (Å²) in [6.07, 6.45) is 9.56. The first kappa shape index (κ1) is 26.8. The van der Waals surface area contributed by atoms with Crippen LogP contribution in [0.25, 0.3) is 0 Å². The van der Waals surface area contributed by atoms with Crippen LogP contribution in [0.4, 0.5) is 4.79 Å². The van der Waals surface area contributed by atoms with Crippen LogP contribution in [-0.2, 0) is 9.53 Å². The lowest BCUT2D eigenvalue weighted by molar-refractivity contribution is -0.134. The molecular formula is C25H43N3O3. The highest BCUT2D eigenvalue weighted by atomic mass is 16.6. The zero-order valence-electron chi connectivity index (χ0n) is 20.3. The number of hydrogen-bond donors (Lipinski definition) is 1. The third kappa shape index (κ3) is 9.19. The topological polar surface area (TPSA) is 61.9 Å². The van der Waals surface area contributed by atoms with Crippen LogP contribution in [-0.4, -0.2) is 53.6 Å². The molecule has 0 saturated heterocycles. The molecule has 6 nitrogen and oxygen atoms in total. The summed E-state index contributed by atoms with van der Waals surface area (Å²) in [5.74, 6) is 0.157. The van der Waals surface area contributed by atoms with E-state index in [-0.39, 0.29) is 17.9 Å². The Morgan fingerprint density at radius 3 is 2.35 bits per heavy atom. The van der Waals surface area contributed by atoms with Crippen molar-refractivity contribution in [3.8, 4) is 0 Å². The number of allylic oxidation sites excluding steroid dienone is 2. The Kier molecular flexibility index (Phi) is 12.1. The molecule has 0 spiro atoms. The summed E-state index contributed by atoms with van der Waals surface area (Å²) in [5, 5.41) is 2.78. The van der Waals surface area contributed by atoms with Crippen molar-refractivity contribution in [2.75, 3.05) is 19.6 Å². The van der Waals surface area contributed by atoms with E-state index in [1.807, 2.05) is 49.6 Å². The number of nitrogens with one attached hydrogen (secondary N) is 1. The molecule has 176 valence electrons. The van der Waals surface area contributed by atoms with Crippen LogP contribution in [0.1, 0.15) is 73.1 Å². The summed E-state index contributed by atoms with van der Waals surface area (Å²) in [5.41, 5.74) is 1.61. The van der Waals surface area contributed by atoms with Crippen molar-refractivity contribution >= 4 is 12.0 Å². The Labute approximate surface area is 189 Å². The fraction of sp³-hybridized carbons (Fsp3) is 0.680. The average molecular weight is 434 g/mol. The van der Waals surface area contributed by atoms with Gasteiger partial charge in [0.15, 0.2) is 0 Å².